The van der Waals surface area contributed by atoms with E-state index >= 15 is 0 Å². The second-order valence-electron chi connectivity index (χ2n) is 4.68. The van der Waals surface area contributed by atoms with Crippen LogP contribution in [-0.2, 0) is 0 Å². The summed E-state index contributed by atoms with van der Waals surface area (Å²) in [5, 5.41) is 0. The third kappa shape index (κ3) is 1.64. The van der Waals surface area contributed by atoms with Gasteiger partial charge >= 0.3 is 16.1 Å². The number of hydrogen-bond acceptors (Lipinski definition) is 6. The first-order chi connectivity index (χ1) is 10.5. The maximum atomic E-state index is 12.6. The molecule has 0 atom stereocenters. The van der Waals surface area contributed by atoms with Crippen LogP contribution in [0.3, 0.4) is 0 Å². The van der Waals surface area contributed by atoms with Crippen LogP contribution in [0.1, 0.15) is 31.8 Å². The second kappa shape index (κ2) is 4.84. The highest BCUT2D eigenvalue weighted by molar-refractivity contribution is 6.32. The van der Waals surface area contributed by atoms with Crippen LogP contribution < -0.4 is 20.8 Å². The van der Waals surface area contributed by atoms with Crippen LogP contribution >= 0.6 is 0 Å². The zero-order valence-corrected chi connectivity index (χ0v) is 11.3. The van der Waals surface area contributed by atoms with Crippen molar-refractivity contribution in [3.63, 3.8) is 0 Å². The lowest BCUT2D eigenvalue weighted by molar-refractivity contribution is 0.0980. The lowest BCUT2D eigenvalue weighted by atomic mass is 9.82. The van der Waals surface area contributed by atoms with Gasteiger partial charge in [0, 0.05) is 11.1 Å². The number of nitrogens with two attached hydrogens (primary N) is 2. The lowest BCUT2D eigenvalue weighted by Crippen LogP contribution is -2.24. The van der Waals surface area contributed by atoms with E-state index < -0.39 is 11.6 Å². The number of rotatable bonds is 2. The standard InChI is InChI=1S/C14H8B2N2O4/c15-21-13-9(17)7-8(10(18)14(13)22-16)12(20)6-4-2-1-3-5(6)11(7)19/h1-4H,17-18H2. The van der Waals surface area contributed by atoms with Crippen LogP contribution in [0.2, 0.25) is 0 Å². The molecule has 4 N–H and O–H groups in total. The molecule has 104 valence electrons. The average Bonchev–Trinajstić information content (AvgIpc) is 2.53. The van der Waals surface area contributed by atoms with Gasteiger partial charge in [-0.25, -0.2) is 0 Å². The highest BCUT2D eigenvalue weighted by Crippen LogP contribution is 2.47. The van der Waals surface area contributed by atoms with E-state index in [1.54, 1.807) is 12.1 Å². The van der Waals surface area contributed by atoms with Gasteiger partial charge in [-0.2, -0.15) is 0 Å². The van der Waals surface area contributed by atoms with E-state index in [0.29, 0.717) is 0 Å². The number of benzene rings is 2. The van der Waals surface area contributed by atoms with E-state index in [1.165, 1.54) is 12.1 Å². The molecule has 1 aliphatic carbocycles. The molecule has 0 fully saturated rings. The number of anilines is 2. The summed E-state index contributed by atoms with van der Waals surface area (Å²) in [5.74, 6) is -1.29. The molecule has 0 amide bonds. The first-order valence-corrected chi connectivity index (χ1v) is 6.19. The van der Waals surface area contributed by atoms with Gasteiger partial charge in [-0.05, 0) is 0 Å². The molecule has 4 radical (unpaired) electrons. The molecule has 0 saturated heterocycles. The topological polar surface area (TPSA) is 105 Å². The number of hydrogen-bond donors (Lipinski definition) is 2. The van der Waals surface area contributed by atoms with Crippen LogP contribution in [0, 0.1) is 0 Å². The Labute approximate surface area is 128 Å². The number of fused-ring (bicyclic) bond motifs is 2. The Hall–Kier alpha value is -2.89. The van der Waals surface area contributed by atoms with Crippen molar-refractivity contribution in [2.45, 2.75) is 0 Å². The molecule has 0 aliphatic heterocycles. The molecule has 0 saturated carbocycles. The predicted molar refractivity (Wildman–Crippen MR) is 81.3 cm³/mol. The van der Waals surface area contributed by atoms with Crippen LogP contribution in [0.15, 0.2) is 24.3 Å². The summed E-state index contributed by atoms with van der Waals surface area (Å²) in [6, 6.07) is 6.35. The van der Waals surface area contributed by atoms with E-state index in [2.05, 4.69) is 9.31 Å². The van der Waals surface area contributed by atoms with Gasteiger partial charge in [-0.1, -0.05) is 24.3 Å². The van der Waals surface area contributed by atoms with Gasteiger partial charge in [0.25, 0.3) is 0 Å². The summed E-state index contributed by atoms with van der Waals surface area (Å²) < 4.78 is 9.22. The van der Waals surface area contributed by atoms with Gasteiger partial charge in [0.2, 0.25) is 0 Å². The molecular formula is C14H8B2N2O4. The number of ketones is 2. The summed E-state index contributed by atoms with van der Waals surface area (Å²) in [6.07, 6.45) is 0. The van der Waals surface area contributed by atoms with Crippen LogP contribution in [0.5, 0.6) is 11.5 Å². The molecule has 8 heteroatoms. The summed E-state index contributed by atoms with van der Waals surface area (Å²) in [7, 11) is 10.3. The van der Waals surface area contributed by atoms with Gasteiger partial charge in [-0.15, -0.1) is 0 Å². The first-order valence-electron chi connectivity index (χ1n) is 6.19. The molecule has 2 aromatic rings. The third-order valence-electron chi connectivity index (χ3n) is 3.59. The summed E-state index contributed by atoms with van der Waals surface area (Å²) in [5.41, 5.74) is 11.8. The van der Waals surface area contributed by atoms with Crippen molar-refractivity contribution in [3.8, 4) is 11.5 Å². The van der Waals surface area contributed by atoms with E-state index in [-0.39, 0.29) is 45.1 Å². The molecule has 0 bridgehead atoms. The largest absolute Gasteiger partial charge is 0.564 e. The highest BCUT2D eigenvalue weighted by atomic mass is 16.5. The normalized spacial score (nSPS) is 12.5. The monoisotopic (exact) mass is 290 g/mol. The fourth-order valence-corrected chi connectivity index (χ4v) is 2.60. The Kier molecular flexibility index (Phi) is 3.09. The third-order valence-corrected chi connectivity index (χ3v) is 3.59. The Bertz CT molecular complexity index is 768. The van der Waals surface area contributed by atoms with Gasteiger partial charge < -0.3 is 20.8 Å². The Morgan fingerprint density at radius 3 is 1.45 bits per heavy atom. The summed E-state index contributed by atoms with van der Waals surface area (Å²) in [4.78, 5) is 25.3. The van der Waals surface area contributed by atoms with Crippen molar-refractivity contribution in [1.29, 1.82) is 0 Å². The fourth-order valence-electron chi connectivity index (χ4n) is 2.60. The van der Waals surface area contributed by atoms with Crippen molar-refractivity contribution < 1.29 is 18.9 Å². The van der Waals surface area contributed by atoms with E-state index in [9.17, 15) is 9.59 Å². The molecule has 2 aromatic carbocycles. The zero-order valence-electron chi connectivity index (χ0n) is 11.3. The molecule has 22 heavy (non-hydrogen) atoms. The molecule has 1 aliphatic rings. The predicted octanol–water partition coefficient (Wildman–Crippen LogP) is 0.551. The Morgan fingerprint density at radius 2 is 1.14 bits per heavy atom. The minimum Gasteiger partial charge on any atom is -0.564 e. The quantitative estimate of drug-likeness (QED) is 0.527. The molecular weight excluding hydrogens is 282 g/mol. The molecule has 0 heterocycles. The second-order valence-corrected chi connectivity index (χ2v) is 4.68. The van der Waals surface area contributed by atoms with Crippen molar-refractivity contribution in [2.75, 3.05) is 11.5 Å². The van der Waals surface area contributed by atoms with Gasteiger partial charge in [-0.3, -0.25) is 9.59 Å². The van der Waals surface area contributed by atoms with Gasteiger partial charge in [0.1, 0.15) is 0 Å². The lowest BCUT2D eigenvalue weighted by Gasteiger charge is -2.24. The van der Waals surface area contributed by atoms with E-state index in [0.717, 1.165) is 0 Å². The van der Waals surface area contributed by atoms with Crippen molar-refractivity contribution in [2.24, 2.45) is 0 Å². The van der Waals surface area contributed by atoms with Crippen molar-refractivity contribution in [1.82, 2.24) is 0 Å². The average molecular weight is 290 g/mol. The highest BCUT2D eigenvalue weighted by Gasteiger charge is 2.36. The number of carbonyl (C=O) groups is 2. The van der Waals surface area contributed by atoms with Gasteiger partial charge in [0.05, 0.1) is 22.5 Å². The Balaban J connectivity index is 2.43. The first kappa shape index (κ1) is 14.1. The summed E-state index contributed by atoms with van der Waals surface area (Å²) in [6.45, 7) is 0. The smallest absolute Gasteiger partial charge is 0.374 e. The zero-order chi connectivity index (χ0) is 16.0. The molecule has 0 spiro atoms. The molecule has 6 nitrogen and oxygen atoms in total. The van der Waals surface area contributed by atoms with E-state index in [1.807, 2.05) is 0 Å². The Morgan fingerprint density at radius 1 is 0.773 bits per heavy atom. The van der Waals surface area contributed by atoms with Gasteiger partial charge in [0.15, 0.2) is 23.1 Å². The SMILES string of the molecule is [B]Oc1c(N)c2c(c(N)c1O[B])C(=O)c1ccccc1C2=O. The molecule has 0 aromatic heterocycles. The van der Waals surface area contributed by atoms with Crippen molar-refractivity contribution in [3.05, 3.63) is 46.5 Å². The molecule has 3 rings (SSSR count). The van der Waals surface area contributed by atoms with Crippen LogP contribution in [0.4, 0.5) is 11.4 Å². The number of nitrogen functional groups attached to an aromatic ring is 2. The molecule has 0 unspecified atom stereocenters. The van der Waals surface area contributed by atoms with Crippen LogP contribution in [0.25, 0.3) is 0 Å². The van der Waals surface area contributed by atoms with Crippen molar-refractivity contribution >= 4 is 39.0 Å². The fraction of sp³-hybridized carbons (Fsp3) is 0. The minimum atomic E-state index is -0.448. The van der Waals surface area contributed by atoms with Crippen LogP contribution in [-0.4, -0.2) is 27.7 Å². The maximum Gasteiger partial charge on any atom is 0.374 e. The van der Waals surface area contributed by atoms with E-state index in [4.69, 9.17) is 27.6 Å². The number of carbonyl (C=O) groups excluding carboxylic acids is 2. The maximum absolute atomic E-state index is 12.6. The minimum absolute atomic E-state index is 0.0672. The summed E-state index contributed by atoms with van der Waals surface area (Å²) >= 11 is 0.